The van der Waals surface area contributed by atoms with E-state index in [1.807, 2.05) is 0 Å². The molecule has 0 saturated heterocycles. The molecule has 0 rings (SSSR count). The number of phosphoric ester groups is 1. The van der Waals surface area contributed by atoms with Crippen LogP contribution in [-0.2, 0) is 32.7 Å². The lowest BCUT2D eigenvalue weighted by Gasteiger charge is -2.19. The first-order chi connectivity index (χ1) is 38.8. The van der Waals surface area contributed by atoms with E-state index in [-0.39, 0.29) is 32.6 Å². The average molecular weight is 1120 g/mol. The van der Waals surface area contributed by atoms with Gasteiger partial charge in [-0.15, -0.1) is 0 Å². The molecular formula is C69H114NO8P. The van der Waals surface area contributed by atoms with Gasteiger partial charge >= 0.3 is 19.8 Å². The van der Waals surface area contributed by atoms with Crippen molar-refractivity contribution in [3.8, 4) is 0 Å². The summed E-state index contributed by atoms with van der Waals surface area (Å²) >= 11 is 0. The molecule has 3 N–H and O–H groups in total. The summed E-state index contributed by atoms with van der Waals surface area (Å²) in [6.45, 7) is 3.47. The summed E-state index contributed by atoms with van der Waals surface area (Å²) < 4.78 is 33.0. The molecule has 10 heteroatoms. The highest BCUT2D eigenvalue weighted by Crippen LogP contribution is 2.43. The molecule has 0 fully saturated rings. The van der Waals surface area contributed by atoms with Crippen LogP contribution < -0.4 is 5.73 Å². The molecule has 0 aromatic carbocycles. The molecule has 0 bridgehead atoms. The molecule has 0 aromatic rings. The van der Waals surface area contributed by atoms with Crippen LogP contribution in [0.15, 0.2) is 146 Å². The van der Waals surface area contributed by atoms with Crippen LogP contribution in [0.2, 0.25) is 0 Å². The van der Waals surface area contributed by atoms with E-state index in [2.05, 4.69) is 160 Å². The van der Waals surface area contributed by atoms with E-state index >= 15 is 0 Å². The van der Waals surface area contributed by atoms with E-state index in [1.54, 1.807) is 0 Å². The summed E-state index contributed by atoms with van der Waals surface area (Å²) in [6.07, 6.45) is 90.7. The van der Waals surface area contributed by atoms with Gasteiger partial charge in [0.05, 0.1) is 13.2 Å². The highest BCUT2D eigenvalue weighted by atomic mass is 31.2. The molecule has 0 amide bonds. The Morgan fingerprint density at radius 3 is 0.987 bits per heavy atom. The number of hydrogen-bond donors (Lipinski definition) is 2. The zero-order chi connectivity index (χ0) is 57.3. The van der Waals surface area contributed by atoms with Gasteiger partial charge < -0.3 is 20.1 Å². The maximum atomic E-state index is 12.7. The first-order valence-corrected chi connectivity index (χ1v) is 32.8. The average Bonchev–Trinajstić information content (AvgIpc) is 3.44. The zero-order valence-electron chi connectivity index (χ0n) is 50.0. The minimum atomic E-state index is -4.40. The van der Waals surface area contributed by atoms with Gasteiger partial charge in [0.1, 0.15) is 6.61 Å². The van der Waals surface area contributed by atoms with Crippen molar-refractivity contribution in [3.05, 3.63) is 146 Å². The third kappa shape index (κ3) is 62.9. The fourth-order valence-corrected chi connectivity index (χ4v) is 8.94. The first-order valence-electron chi connectivity index (χ1n) is 31.3. The van der Waals surface area contributed by atoms with Crippen LogP contribution in [-0.4, -0.2) is 49.3 Å². The predicted molar refractivity (Wildman–Crippen MR) is 339 cm³/mol. The summed E-state index contributed by atoms with van der Waals surface area (Å²) in [7, 11) is -4.40. The van der Waals surface area contributed by atoms with Gasteiger partial charge in [0.15, 0.2) is 6.10 Å². The SMILES string of the molecule is CC/C=C\C/C=C\C/C=C\C/C=C\C/C=C\C/C=C\C/C=C\CCCCCCCCCCCCCCCCCCCC(=O)OC(COC(=O)CCCCC/C=C\C/C=C\C/C=C\C/C=C\C/C=C\CC)COP(=O)(O)OCCN. The standard InChI is InChI=1S/C69H114NO8P/c1-3-5-7-9-11-13-15-17-19-21-23-24-25-26-27-28-29-30-31-32-33-34-35-36-37-38-39-40-41-42-44-46-48-50-52-54-56-58-60-62-69(72)78-67(66-77-79(73,74)76-64-63-70)65-75-68(71)61-59-57-55-53-51-49-47-45-43-22-20-18-16-14-12-10-8-6-4-2/h5-8,11-14,17-20,23-24,26-27,29-30,32-33,43,45,49,51,67H,3-4,9-10,15-16,21-22,25,28,31,34-42,44,46-48,50,52-66,70H2,1-2H3,(H,73,74)/b7-5-,8-6-,13-11-,14-12-,19-17-,20-18-,24-23-,27-26-,30-29-,33-32-,45-43-,51-49-. The number of unbranched alkanes of at least 4 members (excludes halogenated alkanes) is 20. The second-order valence-electron chi connectivity index (χ2n) is 20.2. The van der Waals surface area contributed by atoms with Crippen molar-refractivity contribution in [1.29, 1.82) is 0 Å². The lowest BCUT2D eigenvalue weighted by atomic mass is 10.0. The number of carbonyl (C=O) groups excluding carboxylic acids is 2. The van der Waals surface area contributed by atoms with Gasteiger partial charge in [-0.3, -0.25) is 18.6 Å². The smallest absolute Gasteiger partial charge is 0.462 e. The number of ether oxygens (including phenoxy) is 2. The van der Waals surface area contributed by atoms with E-state index in [9.17, 15) is 19.0 Å². The molecule has 0 aromatic heterocycles. The highest BCUT2D eigenvalue weighted by molar-refractivity contribution is 7.47. The van der Waals surface area contributed by atoms with Crippen LogP contribution in [0.3, 0.4) is 0 Å². The van der Waals surface area contributed by atoms with E-state index < -0.39 is 32.5 Å². The largest absolute Gasteiger partial charge is 0.472 e. The molecule has 0 saturated carbocycles. The second kappa shape index (κ2) is 63.1. The third-order valence-electron chi connectivity index (χ3n) is 12.7. The third-order valence-corrected chi connectivity index (χ3v) is 13.7. The van der Waals surface area contributed by atoms with Crippen molar-refractivity contribution >= 4 is 19.8 Å². The summed E-state index contributed by atoms with van der Waals surface area (Å²) in [6, 6.07) is 0. The Morgan fingerprint density at radius 2 is 0.658 bits per heavy atom. The molecule has 0 aliphatic carbocycles. The van der Waals surface area contributed by atoms with Crippen molar-refractivity contribution in [1.82, 2.24) is 0 Å². The number of carbonyl (C=O) groups is 2. The molecule has 2 unspecified atom stereocenters. The fraction of sp³-hybridized carbons (Fsp3) is 0.623. The van der Waals surface area contributed by atoms with E-state index in [0.717, 1.165) is 116 Å². The first kappa shape index (κ1) is 74.9. The lowest BCUT2D eigenvalue weighted by molar-refractivity contribution is -0.161. The quantitative estimate of drug-likeness (QED) is 0.0264. The van der Waals surface area contributed by atoms with Gasteiger partial charge in [0.2, 0.25) is 0 Å². The molecule has 0 spiro atoms. The Morgan fingerprint density at radius 1 is 0.380 bits per heavy atom. The number of phosphoric acid groups is 1. The molecule has 9 nitrogen and oxygen atoms in total. The van der Waals surface area contributed by atoms with Crippen LogP contribution in [0.5, 0.6) is 0 Å². The molecule has 0 radical (unpaired) electrons. The summed E-state index contributed by atoms with van der Waals surface area (Å²) in [5, 5.41) is 0. The molecule has 0 heterocycles. The minimum absolute atomic E-state index is 0.0426. The Bertz CT molecular complexity index is 1800. The molecule has 0 aliphatic heterocycles. The Balaban J connectivity index is 3.93. The molecule has 2 atom stereocenters. The molecule has 79 heavy (non-hydrogen) atoms. The Hall–Kier alpha value is -4.11. The van der Waals surface area contributed by atoms with Crippen LogP contribution in [0.1, 0.15) is 245 Å². The van der Waals surface area contributed by atoms with Gasteiger partial charge in [-0.05, 0) is 116 Å². The number of allylic oxidation sites excluding steroid dienone is 24. The normalized spacial score (nSPS) is 14.0. The Labute approximate surface area is 484 Å². The van der Waals surface area contributed by atoms with Gasteiger partial charge in [0.25, 0.3) is 0 Å². The minimum Gasteiger partial charge on any atom is -0.462 e. The number of esters is 2. The maximum Gasteiger partial charge on any atom is 0.472 e. The number of hydrogen-bond acceptors (Lipinski definition) is 8. The maximum absolute atomic E-state index is 12.7. The van der Waals surface area contributed by atoms with Crippen LogP contribution in [0.4, 0.5) is 0 Å². The second-order valence-corrected chi connectivity index (χ2v) is 21.6. The van der Waals surface area contributed by atoms with Crippen molar-refractivity contribution in [3.63, 3.8) is 0 Å². The van der Waals surface area contributed by atoms with Gasteiger partial charge in [-0.2, -0.15) is 0 Å². The monoisotopic (exact) mass is 1120 g/mol. The molecule has 0 aliphatic rings. The van der Waals surface area contributed by atoms with Crippen molar-refractivity contribution in [2.75, 3.05) is 26.4 Å². The fourth-order valence-electron chi connectivity index (χ4n) is 8.17. The van der Waals surface area contributed by atoms with E-state index in [4.69, 9.17) is 24.3 Å². The lowest BCUT2D eigenvalue weighted by Crippen LogP contribution is -2.29. The summed E-state index contributed by atoms with van der Waals surface area (Å²) in [4.78, 5) is 35.2. The number of nitrogens with two attached hydrogens (primary N) is 1. The van der Waals surface area contributed by atoms with Crippen molar-refractivity contribution < 1.29 is 37.6 Å². The van der Waals surface area contributed by atoms with Gasteiger partial charge in [0, 0.05) is 19.4 Å². The van der Waals surface area contributed by atoms with Crippen LogP contribution in [0.25, 0.3) is 0 Å². The van der Waals surface area contributed by atoms with E-state index in [0.29, 0.717) is 12.8 Å². The summed E-state index contributed by atoms with van der Waals surface area (Å²) in [5.74, 6) is -0.870. The zero-order valence-corrected chi connectivity index (χ0v) is 50.9. The van der Waals surface area contributed by atoms with Crippen molar-refractivity contribution in [2.45, 2.75) is 251 Å². The molecular weight excluding hydrogens is 1000 g/mol. The topological polar surface area (TPSA) is 134 Å². The van der Waals surface area contributed by atoms with Crippen LogP contribution in [0, 0.1) is 0 Å². The molecule has 448 valence electrons. The predicted octanol–water partition coefficient (Wildman–Crippen LogP) is 20.3. The van der Waals surface area contributed by atoms with Gasteiger partial charge in [-0.1, -0.05) is 262 Å². The van der Waals surface area contributed by atoms with Crippen LogP contribution >= 0.6 is 7.82 Å². The van der Waals surface area contributed by atoms with Gasteiger partial charge in [-0.25, -0.2) is 4.57 Å². The van der Waals surface area contributed by atoms with E-state index in [1.165, 1.54) is 89.9 Å². The highest BCUT2D eigenvalue weighted by Gasteiger charge is 2.26. The number of rotatable bonds is 57. The summed E-state index contributed by atoms with van der Waals surface area (Å²) in [5.41, 5.74) is 5.38. The Kier molecular flexibility index (Phi) is 59.8. The van der Waals surface area contributed by atoms with Crippen molar-refractivity contribution in [2.24, 2.45) is 5.73 Å².